The molecule has 1 aliphatic rings. The largest absolute Gasteiger partial charge is 0.393 e. The van der Waals surface area contributed by atoms with E-state index in [1.54, 1.807) is 29.1 Å². The van der Waals surface area contributed by atoms with E-state index in [0.29, 0.717) is 18.0 Å². The van der Waals surface area contributed by atoms with Crippen molar-refractivity contribution in [2.24, 2.45) is 5.92 Å². The van der Waals surface area contributed by atoms with Crippen LogP contribution in [0.25, 0.3) is 5.65 Å². The zero-order chi connectivity index (χ0) is 13.9. The number of amides is 1. The zero-order valence-electron chi connectivity index (χ0n) is 11.2. The molecule has 0 saturated heterocycles. The minimum absolute atomic E-state index is 0.0966. The fraction of sp³-hybridized carbons (Fsp3) is 0.500. The molecule has 1 amide bonds. The Bertz CT molecular complexity index is 610. The third-order valence-corrected chi connectivity index (χ3v) is 3.86. The minimum Gasteiger partial charge on any atom is -0.393 e. The second kappa shape index (κ2) is 5.58. The molecule has 0 radical (unpaired) electrons. The molecule has 6 nitrogen and oxygen atoms in total. The molecule has 1 aliphatic carbocycles. The summed E-state index contributed by atoms with van der Waals surface area (Å²) < 4.78 is 1.72. The average Bonchev–Trinajstić information content (AvgIpc) is 2.92. The molecule has 2 atom stereocenters. The number of fused-ring (bicyclic) bond motifs is 1. The average molecular weight is 274 g/mol. The summed E-state index contributed by atoms with van der Waals surface area (Å²) in [6.07, 6.45) is 6.86. The van der Waals surface area contributed by atoms with Gasteiger partial charge in [-0.25, -0.2) is 0 Å². The van der Waals surface area contributed by atoms with E-state index in [0.717, 1.165) is 31.3 Å². The predicted molar refractivity (Wildman–Crippen MR) is 73.3 cm³/mol. The maximum absolute atomic E-state index is 12.1. The molecular formula is C14H18N4O2. The summed E-state index contributed by atoms with van der Waals surface area (Å²) in [6.45, 7) is 0.621. The second-order valence-corrected chi connectivity index (χ2v) is 5.41. The first-order valence-electron chi connectivity index (χ1n) is 6.98. The lowest BCUT2D eigenvalue weighted by molar-refractivity contribution is 0.0873. The quantitative estimate of drug-likeness (QED) is 0.875. The molecule has 0 bridgehead atoms. The number of carbonyl (C=O) groups excluding carboxylic acids is 1. The van der Waals surface area contributed by atoms with Gasteiger partial charge in [0.15, 0.2) is 5.65 Å². The molecule has 6 heteroatoms. The summed E-state index contributed by atoms with van der Waals surface area (Å²) in [4.78, 5) is 12.1. The van der Waals surface area contributed by atoms with Crippen LogP contribution < -0.4 is 5.32 Å². The van der Waals surface area contributed by atoms with Crippen LogP contribution in [0.15, 0.2) is 24.7 Å². The highest BCUT2D eigenvalue weighted by atomic mass is 16.3. The van der Waals surface area contributed by atoms with E-state index >= 15 is 0 Å². The minimum atomic E-state index is -0.209. The lowest BCUT2D eigenvalue weighted by Gasteiger charge is -2.25. The Labute approximate surface area is 116 Å². The number of carbonyl (C=O) groups is 1. The van der Waals surface area contributed by atoms with E-state index in [4.69, 9.17) is 0 Å². The SMILES string of the molecule is O=C(NCC1CCCC(O)C1)c1ccc2nncn2c1. The molecule has 0 aliphatic heterocycles. The van der Waals surface area contributed by atoms with E-state index in [2.05, 4.69) is 15.5 Å². The fourth-order valence-corrected chi connectivity index (χ4v) is 2.75. The summed E-state index contributed by atoms with van der Waals surface area (Å²) in [6, 6.07) is 3.52. The Morgan fingerprint density at radius 2 is 2.35 bits per heavy atom. The highest BCUT2D eigenvalue weighted by molar-refractivity contribution is 5.94. The smallest absolute Gasteiger partial charge is 0.252 e. The number of hydrogen-bond donors (Lipinski definition) is 2. The van der Waals surface area contributed by atoms with E-state index in [-0.39, 0.29) is 12.0 Å². The van der Waals surface area contributed by atoms with Crippen molar-refractivity contribution < 1.29 is 9.90 Å². The molecule has 0 spiro atoms. The van der Waals surface area contributed by atoms with Gasteiger partial charge in [-0.15, -0.1) is 10.2 Å². The first kappa shape index (κ1) is 13.1. The molecule has 0 aromatic carbocycles. The van der Waals surface area contributed by atoms with Crippen molar-refractivity contribution in [1.82, 2.24) is 19.9 Å². The van der Waals surface area contributed by atoms with Gasteiger partial charge in [0.2, 0.25) is 0 Å². The van der Waals surface area contributed by atoms with Gasteiger partial charge in [0.25, 0.3) is 5.91 Å². The van der Waals surface area contributed by atoms with Gasteiger partial charge in [-0.1, -0.05) is 6.42 Å². The number of aliphatic hydroxyl groups is 1. The summed E-state index contributed by atoms with van der Waals surface area (Å²) in [5, 5.41) is 20.3. The maximum atomic E-state index is 12.1. The second-order valence-electron chi connectivity index (χ2n) is 5.41. The number of aromatic nitrogens is 3. The Morgan fingerprint density at radius 1 is 1.45 bits per heavy atom. The highest BCUT2D eigenvalue weighted by Gasteiger charge is 2.20. The first-order valence-corrected chi connectivity index (χ1v) is 6.98. The number of pyridine rings is 1. The lowest BCUT2D eigenvalue weighted by Crippen LogP contribution is -2.33. The van der Waals surface area contributed by atoms with E-state index < -0.39 is 0 Å². The van der Waals surface area contributed by atoms with Crippen LogP contribution in [-0.2, 0) is 0 Å². The Balaban J connectivity index is 1.60. The molecule has 1 fully saturated rings. The van der Waals surface area contributed by atoms with Crippen LogP contribution in [0.4, 0.5) is 0 Å². The molecule has 2 aromatic heterocycles. The van der Waals surface area contributed by atoms with Gasteiger partial charge in [-0.05, 0) is 37.3 Å². The van der Waals surface area contributed by atoms with Crippen molar-refractivity contribution in [3.63, 3.8) is 0 Å². The van der Waals surface area contributed by atoms with Crippen molar-refractivity contribution in [2.45, 2.75) is 31.8 Å². The number of nitrogens with zero attached hydrogens (tertiary/aromatic N) is 3. The Hall–Kier alpha value is -1.95. The van der Waals surface area contributed by atoms with E-state index in [1.807, 2.05) is 0 Å². The van der Waals surface area contributed by atoms with Crippen LogP contribution >= 0.6 is 0 Å². The maximum Gasteiger partial charge on any atom is 0.252 e. The van der Waals surface area contributed by atoms with Gasteiger partial charge in [0.05, 0.1) is 11.7 Å². The van der Waals surface area contributed by atoms with Gasteiger partial charge in [-0.2, -0.15) is 0 Å². The molecule has 2 unspecified atom stereocenters. The van der Waals surface area contributed by atoms with Gasteiger partial charge in [0.1, 0.15) is 6.33 Å². The predicted octanol–water partition coefficient (Wildman–Crippen LogP) is 1.01. The van der Waals surface area contributed by atoms with Gasteiger partial charge < -0.3 is 10.4 Å². The molecule has 106 valence electrons. The molecule has 2 heterocycles. The van der Waals surface area contributed by atoms with Gasteiger partial charge in [-0.3, -0.25) is 9.20 Å². The van der Waals surface area contributed by atoms with Crippen molar-refractivity contribution in [3.8, 4) is 0 Å². The molecule has 1 saturated carbocycles. The fourth-order valence-electron chi connectivity index (χ4n) is 2.75. The van der Waals surface area contributed by atoms with Crippen molar-refractivity contribution in [3.05, 3.63) is 30.2 Å². The monoisotopic (exact) mass is 274 g/mol. The van der Waals surface area contributed by atoms with Crippen molar-refractivity contribution >= 4 is 11.6 Å². The number of nitrogens with one attached hydrogen (secondary N) is 1. The van der Waals surface area contributed by atoms with Crippen LogP contribution in [0.5, 0.6) is 0 Å². The highest BCUT2D eigenvalue weighted by Crippen LogP contribution is 2.23. The van der Waals surface area contributed by atoms with Crippen molar-refractivity contribution in [2.75, 3.05) is 6.54 Å². The summed E-state index contributed by atoms with van der Waals surface area (Å²) >= 11 is 0. The van der Waals surface area contributed by atoms with E-state index in [1.165, 1.54) is 0 Å². The van der Waals surface area contributed by atoms with Gasteiger partial charge >= 0.3 is 0 Å². The number of rotatable bonds is 3. The summed E-state index contributed by atoms with van der Waals surface area (Å²) in [5.41, 5.74) is 1.31. The number of hydrogen-bond acceptors (Lipinski definition) is 4. The third kappa shape index (κ3) is 2.80. The molecular weight excluding hydrogens is 256 g/mol. The normalized spacial score (nSPS) is 22.9. The molecule has 2 N–H and O–H groups in total. The number of aliphatic hydroxyl groups excluding tert-OH is 1. The zero-order valence-corrected chi connectivity index (χ0v) is 11.2. The van der Waals surface area contributed by atoms with Crippen LogP contribution in [0.3, 0.4) is 0 Å². The molecule has 20 heavy (non-hydrogen) atoms. The molecule has 2 aromatic rings. The third-order valence-electron chi connectivity index (χ3n) is 3.86. The summed E-state index contributed by atoms with van der Waals surface area (Å²) in [5.74, 6) is 0.280. The van der Waals surface area contributed by atoms with Crippen LogP contribution in [0.1, 0.15) is 36.0 Å². The van der Waals surface area contributed by atoms with Crippen LogP contribution in [0, 0.1) is 5.92 Å². The topological polar surface area (TPSA) is 79.5 Å². The van der Waals surface area contributed by atoms with Gasteiger partial charge in [0, 0.05) is 12.7 Å². The molecule has 3 rings (SSSR count). The van der Waals surface area contributed by atoms with E-state index in [9.17, 15) is 9.90 Å². The standard InChI is InChI=1S/C14H18N4O2/c19-12-3-1-2-10(6-12)7-15-14(20)11-4-5-13-17-16-9-18(13)8-11/h4-5,8-10,12,19H,1-3,6-7H2,(H,15,20). The van der Waals surface area contributed by atoms with Crippen LogP contribution in [0.2, 0.25) is 0 Å². The first-order chi connectivity index (χ1) is 9.72. The lowest BCUT2D eigenvalue weighted by atomic mass is 9.87. The Kier molecular flexibility index (Phi) is 3.64. The Morgan fingerprint density at radius 3 is 3.20 bits per heavy atom. The van der Waals surface area contributed by atoms with Crippen molar-refractivity contribution in [1.29, 1.82) is 0 Å². The summed E-state index contributed by atoms with van der Waals surface area (Å²) in [7, 11) is 0. The van der Waals surface area contributed by atoms with Crippen LogP contribution in [-0.4, -0.2) is 38.3 Å².